The van der Waals surface area contributed by atoms with E-state index in [2.05, 4.69) is 21.8 Å². The number of hydrogen-bond acceptors (Lipinski definition) is 7. The lowest BCUT2D eigenvalue weighted by molar-refractivity contribution is 0.0131. The summed E-state index contributed by atoms with van der Waals surface area (Å²) in [5.74, 6) is -0.0485. The minimum Gasteiger partial charge on any atom is -0.451 e. The van der Waals surface area contributed by atoms with E-state index in [-0.39, 0.29) is 23.5 Å². The summed E-state index contributed by atoms with van der Waals surface area (Å²) in [6, 6.07) is 1.29. The molecule has 1 aromatic heterocycles. The highest BCUT2D eigenvalue weighted by atomic mass is 16.8. The third-order valence-electron chi connectivity index (χ3n) is 4.17. The maximum Gasteiger partial charge on any atom is 0.510 e. The number of carbonyl (C=O) groups is 2. The van der Waals surface area contributed by atoms with Crippen molar-refractivity contribution in [3.8, 4) is 5.75 Å². The molecule has 1 aromatic rings. The van der Waals surface area contributed by atoms with Crippen molar-refractivity contribution in [1.29, 1.82) is 0 Å². The molecule has 9 heteroatoms. The molecule has 0 unspecified atom stereocenters. The molecule has 2 aliphatic rings. The second-order valence-corrected chi connectivity index (χ2v) is 5.87. The summed E-state index contributed by atoms with van der Waals surface area (Å²) in [6.07, 6.45) is 2.31. The average molecular weight is 337 g/mol. The molecule has 1 N–H and O–H groups in total. The van der Waals surface area contributed by atoms with Gasteiger partial charge in [0.1, 0.15) is 6.17 Å². The molecule has 1 amide bonds. The van der Waals surface area contributed by atoms with Gasteiger partial charge in [-0.05, 0) is 18.8 Å². The molecule has 1 saturated heterocycles. The third-order valence-corrected chi connectivity index (χ3v) is 4.17. The molecule has 2 aliphatic heterocycles. The monoisotopic (exact) mass is 337 g/mol. The quantitative estimate of drug-likeness (QED) is 0.641. The Labute approximate surface area is 138 Å². The van der Waals surface area contributed by atoms with Gasteiger partial charge in [0.25, 0.3) is 5.91 Å². The standard InChI is InChI=1S/C15H19N3O6/c1-9-3-4-11-16-18-6-5-10(19)13(23-8-24-15(21)22-2)12(18)14(20)17(11)7-9/h5-6,9,11,16H,3-4,7-8H2,1-2H3/t9-,11+/m1/s1. The van der Waals surface area contributed by atoms with Gasteiger partial charge in [-0.3, -0.25) is 14.3 Å². The molecular weight excluding hydrogens is 318 g/mol. The highest BCUT2D eigenvalue weighted by Crippen LogP contribution is 2.28. The fourth-order valence-corrected chi connectivity index (χ4v) is 2.97. The van der Waals surface area contributed by atoms with Crippen LogP contribution in [0.4, 0.5) is 4.79 Å². The number of hydrogen-bond donors (Lipinski definition) is 1. The van der Waals surface area contributed by atoms with Crippen molar-refractivity contribution < 1.29 is 23.8 Å². The Morgan fingerprint density at radius 3 is 2.92 bits per heavy atom. The van der Waals surface area contributed by atoms with E-state index in [0.29, 0.717) is 12.5 Å². The molecule has 0 radical (unpaired) electrons. The van der Waals surface area contributed by atoms with Crippen LogP contribution < -0.4 is 15.6 Å². The van der Waals surface area contributed by atoms with Gasteiger partial charge in [0, 0.05) is 18.8 Å². The van der Waals surface area contributed by atoms with Crippen molar-refractivity contribution >= 4 is 12.1 Å². The summed E-state index contributed by atoms with van der Waals surface area (Å²) in [5, 5.41) is 0. The summed E-state index contributed by atoms with van der Waals surface area (Å²) in [6.45, 7) is 2.17. The van der Waals surface area contributed by atoms with Crippen molar-refractivity contribution in [2.45, 2.75) is 25.9 Å². The molecule has 3 rings (SSSR count). The summed E-state index contributed by atoms with van der Waals surface area (Å²) in [5.41, 5.74) is 2.83. The van der Waals surface area contributed by atoms with E-state index in [4.69, 9.17) is 4.74 Å². The predicted molar refractivity (Wildman–Crippen MR) is 82.3 cm³/mol. The van der Waals surface area contributed by atoms with E-state index >= 15 is 0 Å². The largest absolute Gasteiger partial charge is 0.510 e. The number of ether oxygens (including phenoxy) is 3. The number of amides is 1. The van der Waals surface area contributed by atoms with Gasteiger partial charge in [0.2, 0.25) is 18.0 Å². The molecule has 0 aliphatic carbocycles. The number of nitrogens with one attached hydrogen (secondary N) is 1. The Balaban J connectivity index is 1.88. The van der Waals surface area contributed by atoms with Gasteiger partial charge in [-0.25, -0.2) is 4.79 Å². The van der Waals surface area contributed by atoms with Crippen LogP contribution in [0.2, 0.25) is 0 Å². The second-order valence-electron chi connectivity index (χ2n) is 5.87. The van der Waals surface area contributed by atoms with Crippen molar-refractivity contribution in [2.75, 3.05) is 25.9 Å². The number of nitrogens with zero attached hydrogens (tertiary/aromatic N) is 2. The highest BCUT2D eigenvalue weighted by molar-refractivity contribution is 5.96. The Kier molecular flexibility index (Phi) is 4.32. The average Bonchev–Trinajstić information content (AvgIpc) is 2.57. The van der Waals surface area contributed by atoms with E-state index in [1.54, 1.807) is 4.90 Å². The lowest BCUT2D eigenvalue weighted by Gasteiger charge is -2.43. The number of pyridine rings is 1. The zero-order valence-electron chi connectivity index (χ0n) is 13.5. The highest BCUT2D eigenvalue weighted by Gasteiger charge is 2.38. The minimum atomic E-state index is -0.936. The Morgan fingerprint density at radius 1 is 1.38 bits per heavy atom. The molecule has 2 atom stereocenters. The smallest absolute Gasteiger partial charge is 0.451 e. The number of carbonyl (C=O) groups excluding carboxylic acids is 2. The molecule has 0 saturated carbocycles. The first-order valence-corrected chi connectivity index (χ1v) is 7.68. The van der Waals surface area contributed by atoms with E-state index in [1.807, 2.05) is 0 Å². The normalized spacial score (nSPS) is 22.1. The lowest BCUT2D eigenvalue weighted by Crippen LogP contribution is -2.57. The van der Waals surface area contributed by atoms with Crippen LogP contribution in [0.25, 0.3) is 0 Å². The van der Waals surface area contributed by atoms with Crippen LogP contribution in [0, 0.1) is 5.92 Å². The predicted octanol–water partition coefficient (Wildman–Crippen LogP) is 0.723. The van der Waals surface area contributed by atoms with Crippen LogP contribution in [0.3, 0.4) is 0 Å². The topological polar surface area (TPSA) is 99.1 Å². The van der Waals surface area contributed by atoms with Crippen LogP contribution in [0.5, 0.6) is 5.75 Å². The van der Waals surface area contributed by atoms with E-state index in [9.17, 15) is 14.4 Å². The maximum atomic E-state index is 12.8. The van der Waals surface area contributed by atoms with Crippen molar-refractivity contribution in [3.63, 3.8) is 0 Å². The van der Waals surface area contributed by atoms with Crippen LogP contribution in [-0.4, -0.2) is 48.3 Å². The summed E-state index contributed by atoms with van der Waals surface area (Å²) >= 11 is 0. The first-order valence-electron chi connectivity index (χ1n) is 7.68. The zero-order chi connectivity index (χ0) is 17.3. The van der Waals surface area contributed by atoms with E-state index in [0.717, 1.165) is 20.0 Å². The Hall–Kier alpha value is -2.71. The molecule has 24 heavy (non-hydrogen) atoms. The molecular formula is C15H19N3O6. The number of methoxy groups -OCH3 is 1. The van der Waals surface area contributed by atoms with Gasteiger partial charge in [-0.1, -0.05) is 6.92 Å². The third kappa shape index (κ3) is 2.89. The molecule has 3 heterocycles. The molecule has 0 aromatic carbocycles. The first kappa shape index (κ1) is 16.2. The molecule has 0 spiro atoms. The second kappa shape index (κ2) is 6.42. The molecule has 1 fully saturated rings. The number of rotatable bonds is 3. The maximum absolute atomic E-state index is 12.8. The summed E-state index contributed by atoms with van der Waals surface area (Å²) in [7, 11) is 1.16. The van der Waals surface area contributed by atoms with Crippen LogP contribution in [-0.2, 0) is 9.47 Å². The van der Waals surface area contributed by atoms with Crippen LogP contribution in [0.15, 0.2) is 17.1 Å². The van der Waals surface area contributed by atoms with Gasteiger partial charge in [-0.2, -0.15) is 0 Å². The zero-order valence-corrected chi connectivity index (χ0v) is 13.5. The van der Waals surface area contributed by atoms with Gasteiger partial charge in [0.05, 0.1) is 7.11 Å². The lowest BCUT2D eigenvalue weighted by atomic mass is 9.97. The van der Waals surface area contributed by atoms with Gasteiger partial charge < -0.3 is 24.5 Å². The van der Waals surface area contributed by atoms with Crippen molar-refractivity contribution in [3.05, 3.63) is 28.2 Å². The molecule has 130 valence electrons. The number of fused-ring (bicyclic) bond motifs is 2. The number of aromatic nitrogens is 1. The fourth-order valence-electron chi connectivity index (χ4n) is 2.97. The van der Waals surface area contributed by atoms with Gasteiger partial charge in [0.15, 0.2) is 5.69 Å². The summed E-state index contributed by atoms with van der Waals surface area (Å²) < 4.78 is 15.7. The number of piperidine rings is 1. The molecule has 9 nitrogen and oxygen atoms in total. The van der Waals surface area contributed by atoms with Gasteiger partial charge in [-0.15, -0.1) is 0 Å². The van der Waals surface area contributed by atoms with Crippen molar-refractivity contribution in [1.82, 2.24) is 9.58 Å². The Morgan fingerprint density at radius 2 is 2.17 bits per heavy atom. The van der Waals surface area contributed by atoms with E-state index < -0.39 is 18.4 Å². The SMILES string of the molecule is COC(=O)OCOc1c2n(ccc1=O)N[C@@H]1CC[C@@H](C)CN1C2=O. The minimum absolute atomic E-state index is 0.0984. The van der Waals surface area contributed by atoms with Crippen LogP contribution >= 0.6 is 0 Å². The Bertz CT molecular complexity index is 716. The molecule has 0 bridgehead atoms. The fraction of sp³-hybridized carbons (Fsp3) is 0.533. The van der Waals surface area contributed by atoms with Gasteiger partial charge >= 0.3 is 6.16 Å². The van der Waals surface area contributed by atoms with Crippen molar-refractivity contribution in [2.24, 2.45) is 5.92 Å². The summed E-state index contributed by atoms with van der Waals surface area (Å²) in [4.78, 5) is 37.6. The first-order chi connectivity index (χ1) is 11.5. The van der Waals surface area contributed by atoms with Crippen LogP contribution in [0.1, 0.15) is 30.3 Å². The van der Waals surface area contributed by atoms with E-state index in [1.165, 1.54) is 16.9 Å².